The first-order valence-corrected chi connectivity index (χ1v) is 11.3. The number of carbonyl (C=O) groups is 1. The molecule has 0 radical (unpaired) electrons. The number of guanidine groups is 1. The highest BCUT2D eigenvalue weighted by atomic mass is 16.2. The average molecular weight is 417 g/mol. The minimum atomic E-state index is -0.00748. The molecule has 1 saturated heterocycles. The summed E-state index contributed by atoms with van der Waals surface area (Å²) in [5.41, 5.74) is 1.93. The van der Waals surface area contributed by atoms with Crippen molar-refractivity contribution in [1.29, 1.82) is 0 Å². The highest BCUT2D eigenvalue weighted by Crippen LogP contribution is 2.14. The second kappa shape index (κ2) is 12.4. The first kappa shape index (κ1) is 24.0. The van der Waals surface area contributed by atoms with E-state index in [4.69, 9.17) is 0 Å². The second-order valence-corrected chi connectivity index (χ2v) is 8.46. The molecule has 1 heterocycles. The zero-order valence-electron chi connectivity index (χ0n) is 19.4. The normalized spacial score (nSPS) is 14.7. The van der Waals surface area contributed by atoms with Gasteiger partial charge in [-0.05, 0) is 64.7 Å². The zero-order valence-corrected chi connectivity index (χ0v) is 19.4. The Morgan fingerprint density at radius 1 is 1.13 bits per heavy atom. The van der Waals surface area contributed by atoms with E-state index in [0.29, 0.717) is 18.6 Å². The summed E-state index contributed by atoms with van der Waals surface area (Å²) in [4.78, 5) is 21.0. The lowest BCUT2D eigenvalue weighted by Crippen LogP contribution is -2.41. The summed E-state index contributed by atoms with van der Waals surface area (Å²) < 4.78 is 0. The Bertz CT molecular complexity index is 674. The number of urea groups is 1. The van der Waals surface area contributed by atoms with E-state index in [1.165, 1.54) is 0 Å². The summed E-state index contributed by atoms with van der Waals surface area (Å²) in [6, 6.07) is 9.07. The van der Waals surface area contributed by atoms with E-state index in [1.807, 2.05) is 23.1 Å². The van der Waals surface area contributed by atoms with Gasteiger partial charge in [-0.2, -0.15) is 0 Å². The molecule has 7 nitrogen and oxygen atoms in total. The van der Waals surface area contributed by atoms with E-state index in [9.17, 15) is 4.79 Å². The van der Waals surface area contributed by atoms with Crippen molar-refractivity contribution in [3.05, 3.63) is 29.8 Å². The molecule has 1 aromatic carbocycles. The van der Waals surface area contributed by atoms with Crippen LogP contribution in [-0.4, -0.2) is 67.1 Å². The molecule has 0 bridgehead atoms. The molecule has 2 rings (SSSR count). The van der Waals surface area contributed by atoms with Gasteiger partial charge in [-0.1, -0.05) is 12.1 Å². The number of carbonyl (C=O) groups excluding carboxylic acids is 1. The predicted octanol–water partition coefficient (Wildman–Crippen LogP) is 3.49. The van der Waals surface area contributed by atoms with E-state index < -0.39 is 0 Å². The zero-order chi connectivity index (χ0) is 21.9. The number of nitrogens with one attached hydrogen (secondary N) is 3. The minimum absolute atomic E-state index is 0.00748. The van der Waals surface area contributed by atoms with Gasteiger partial charge in [0.05, 0.1) is 0 Å². The number of benzene rings is 1. The van der Waals surface area contributed by atoms with Gasteiger partial charge in [0.1, 0.15) is 0 Å². The monoisotopic (exact) mass is 416 g/mol. The lowest BCUT2D eigenvalue weighted by Gasteiger charge is -2.30. The van der Waals surface area contributed by atoms with Crippen LogP contribution in [0.1, 0.15) is 52.5 Å². The third-order valence-corrected chi connectivity index (χ3v) is 5.47. The van der Waals surface area contributed by atoms with Crippen molar-refractivity contribution in [1.82, 2.24) is 20.4 Å². The Labute approximate surface area is 182 Å². The molecule has 1 fully saturated rings. The summed E-state index contributed by atoms with van der Waals surface area (Å²) in [7, 11) is 1.79. The smallest absolute Gasteiger partial charge is 0.321 e. The van der Waals surface area contributed by atoms with E-state index in [0.717, 1.165) is 62.7 Å². The molecular weight excluding hydrogens is 376 g/mol. The third kappa shape index (κ3) is 7.86. The topological polar surface area (TPSA) is 72.0 Å². The molecule has 168 valence electrons. The number of likely N-dealkylation sites (tertiary alicyclic amines) is 1. The van der Waals surface area contributed by atoms with E-state index in [-0.39, 0.29) is 6.03 Å². The van der Waals surface area contributed by atoms with Crippen molar-refractivity contribution in [3.8, 4) is 0 Å². The number of hydrogen-bond acceptors (Lipinski definition) is 3. The molecule has 0 atom stereocenters. The molecular formula is C23H40N6O. The van der Waals surface area contributed by atoms with Crippen molar-refractivity contribution in [2.45, 2.75) is 65.6 Å². The minimum Gasteiger partial charge on any atom is -0.356 e. The fourth-order valence-corrected chi connectivity index (χ4v) is 3.87. The first-order valence-electron chi connectivity index (χ1n) is 11.3. The van der Waals surface area contributed by atoms with Crippen LogP contribution in [0.15, 0.2) is 29.3 Å². The molecule has 0 spiro atoms. The molecule has 7 heteroatoms. The van der Waals surface area contributed by atoms with Crippen LogP contribution in [-0.2, 0) is 6.54 Å². The van der Waals surface area contributed by atoms with Gasteiger partial charge >= 0.3 is 6.03 Å². The summed E-state index contributed by atoms with van der Waals surface area (Å²) in [5.74, 6) is 0.794. The second-order valence-electron chi connectivity index (χ2n) is 8.46. The van der Waals surface area contributed by atoms with Gasteiger partial charge in [-0.15, -0.1) is 0 Å². The Morgan fingerprint density at radius 3 is 2.47 bits per heavy atom. The van der Waals surface area contributed by atoms with Crippen molar-refractivity contribution in [2.75, 3.05) is 38.5 Å². The Hall–Kier alpha value is -2.28. The SMILES string of the molecule is CN=C(NCCCN(C(C)C)C(C)C)NCc1cccc(NC(=O)N2CCCC2)c1. The number of aliphatic imine (C=N–C) groups is 1. The Kier molecular flexibility index (Phi) is 9.94. The van der Waals surface area contributed by atoms with E-state index in [2.05, 4.69) is 59.6 Å². The standard InChI is InChI=1S/C23H40N6O/c1-18(2)29(19(3)4)15-9-12-25-22(24-5)26-17-20-10-8-11-21(16-20)27-23(30)28-13-6-7-14-28/h8,10-11,16,18-19H,6-7,9,12-15,17H2,1-5H3,(H,27,30)(H2,24,25,26). The molecule has 3 N–H and O–H groups in total. The van der Waals surface area contributed by atoms with E-state index in [1.54, 1.807) is 7.05 Å². The maximum Gasteiger partial charge on any atom is 0.321 e. The molecule has 1 aliphatic rings. The highest BCUT2D eigenvalue weighted by molar-refractivity contribution is 5.89. The number of rotatable bonds is 9. The van der Waals surface area contributed by atoms with Gasteiger partial charge in [-0.3, -0.25) is 9.89 Å². The van der Waals surface area contributed by atoms with Crippen LogP contribution in [0.25, 0.3) is 0 Å². The molecule has 0 saturated carbocycles. The Morgan fingerprint density at radius 2 is 1.83 bits per heavy atom. The summed E-state index contributed by atoms with van der Waals surface area (Å²) >= 11 is 0. The number of nitrogens with zero attached hydrogens (tertiary/aromatic N) is 3. The third-order valence-electron chi connectivity index (χ3n) is 5.47. The van der Waals surface area contributed by atoms with Gasteiger partial charge in [0.25, 0.3) is 0 Å². The van der Waals surface area contributed by atoms with Crippen LogP contribution in [0.3, 0.4) is 0 Å². The number of anilines is 1. The summed E-state index contributed by atoms with van der Waals surface area (Å²) in [6.07, 6.45) is 3.25. The van der Waals surface area contributed by atoms with Crippen LogP contribution in [0.4, 0.5) is 10.5 Å². The van der Waals surface area contributed by atoms with Gasteiger partial charge in [0, 0.05) is 57.5 Å². The van der Waals surface area contributed by atoms with Gasteiger partial charge in [0.15, 0.2) is 5.96 Å². The summed E-state index contributed by atoms with van der Waals surface area (Å²) in [6.45, 7) is 13.3. The molecule has 0 aromatic heterocycles. The molecule has 2 amide bonds. The molecule has 0 aliphatic carbocycles. The molecule has 1 aromatic rings. The maximum absolute atomic E-state index is 12.3. The number of hydrogen-bond donors (Lipinski definition) is 3. The van der Waals surface area contributed by atoms with Crippen LogP contribution < -0.4 is 16.0 Å². The molecule has 1 aliphatic heterocycles. The van der Waals surface area contributed by atoms with Crippen LogP contribution in [0, 0.1) is 0 Å². The largest absolute Gasteiger partial charge is 0.356 e. The van der Waals surface area contributed by atoms with Crippen molar-refractivity contribution in [2.24, 2.45) is 4.99 Å². The lowest BCUT2D eigenvalue weighted by atomic mass is 10.2. The lowest BCUT2D eigenvalue weighted by molar-refractivity contribution is 0.173. The van der Waals surface area contributed by atoms with Gasteiger partial charge < -0.3 is 20.9 Å². The number of amides is 2. The molecule has 0 unspecified atom stereocenters. The van der Waals surface area contributed by atoms with Gasteiger partial charge in [-0.25, -0.2) is 4.79 Å². The Balaban J connectivity index is 1.76. The van der Waals surface area contributed by atoms with Crippen LogP contribution in [0.5, 0.6) is 0 Å². The fourth-order valence-electron chi connectivity index (χ4n) is 3.87. The first-order chi connectivity index (χ1) is 14.4. The predicted molar refractivity (Wildman–Crippen MR) is 126 cm³/mol. The summed E-state index contributed by atoms with van der Waals surface area (Å²) in [5, 5.41) is 9.75. The van der Waals surface area contributed by atoms with Crippen LogP contribution >= 0.6 is 0 Å². The maximum atomic E-state index is 12.3. The van der Waals surface area contributed by atoms with Crippen molar-refractivity contribution in [3.63, 3.8) is 0 Å². The average Bonchev–Trinajstić information content (AvgIpc) is 3.25. The fraction of sp³-hybridized carbons (Fsp3) is 0.652. The van der Waals surface area contributed by atoms with Crippen molar-refractivity contribution < 1.29 is 4.79 Å². The van der Waals surface area contributed by atoms with E-state index >= 15 is 0 Å². The van der Waals surface area contributed by atoms with Crippen LogP contribution in [0.2, 0.25) is 0 Å². The van der Waals surface area contributed by atoms with Crippen molar-refractivity contribution >= 4 is 17.7 Å². The molecule has 30 heavy (non-hydrogen) atoms. The van der Waals surface area contributed by atoms with Gasteiger partial charge in [0.2, 0.25) is 0 Å². The quantitative estimate of drug-likeness (QED) is 0.327. The highest BCUT2D eigenvalue weighted by Gasteiger charge is 2.17.